The SMILES string of the molecule is NCC(O)(c1ccc(Cl)cc1F)C1CC1. The van der Waals surface area contributed by atoms with Crippen molar-refractivity contribution in [1.82, 2.24) is 0 Å². The molecule has 82 valence electrons. The van der Waals surface area contributed by atoms with Gasteiger partial charge < -0.3 is 10.8 Å². The van der Waals surface area contributed by atoms with Crippen LogP contribution in [0.25, 0.3) is 0 Å². The Balaban J connectivity index is 2.42. The maximum absolute atomic E-state index is 13.6. The summed E-state index contributed by atoms with van der Waals surface area (Å²) in [5.41, 5.74) is 4.57. The van der Waals surface area contributed by atoms with E-state index in [0.717, 1.165) is 12.8 Å². The van der Waals surface area contributed by atoms with E-state index in [1.54, 1.807) is 6.07 Å². The Morgan fingerprint density at radius 1 is 1.53 bits per heavy atom. The van der Waals surface area contributed by atoms with Crippen molar-refractivity contribution in [3.63, 3.8) is 0 Å². The molecule has 1 atom stereocenters. The highest BCUT2D eigenvalue weighted by Gasteiger charge is 2.45. The van der Waals surface area contributed by atoms with Crippen molar-refractivity contribution in [1.29, 1.82) is 0 Å². The summed E-state index contributed by atoms with van der Waals surface area (Å²) in [5, 5.41) is 10.6. The zero-order valence-corrected chi connectivity index (χ0v) is 8.97. The van der Waals surface area contributed by atoms with E-state index in [4.69, 9.17) is 17.3 Å². The van der Waals surface area contributed by atoms with Gasteiger partial charge in [0.05, 0.1) is 0 Å². The lowest BCUT2D eigenvalue weighted by Gasteiger charge is -2.27. The molecule has 0 bridgehead atoms. The molecule has 4 heteroatoms. The molecule has 1 aromatic rings. The summed E-state index contributed by atoms with van der Waals surface area (Å²) in [6.45, 7) is 0.0379. The molecule has 0 heterocycles. The number of nitrogens with two attached hydrogens (primary N) is 1. The molecule has 1 saturated carbocycles. The lowest BCUT2D eigenvalue weighted by molar-refractivity contribution is 0.0188. The molecular weight excluding hydrogens is 217 g/mol. The van der Waals surface area contributed by atoms with Crippen LogP contribution in [-0.2, 0) is 5.60 Å². The summed E-state index contributed by atoms with van der Waals surface area (Å²) >= 11 is 5.65. The normalized spacial score (nSPS) is 20.0. The minimum absolute atomic E-state index is 0.0379. The Bertz CT molecular complexity index is 381. The quantitative estimate of drug-likeness (QED) is 0.833. The van der Waals surface area contributed by atoms with Crippen molar-refractivity contribution < 1.29 is 9.50 Å². The highest BCUT2D eigenvalue weighted by atomic mass is 35.5. The Labute approximate surface area is 92.9 Å². The van der Waals surface area contributed by atoms with Gasteiger partial charge in [0, 0.05) is 17.1 Å². The second kappa shape index (κ2) is 3.74. The molecule has 0 aromatic heterocycles. The van der Waals surface area contributed by atoms with Gasteiger partial charge in [-0.2, -0.15) is 0 Å². The van der Waals surface area contributed by atoms with Crippen molar-refractivity contribution in [3.05, 3.63) is 34.6 Å². The summed E-state index contributed by atoms with van der Waals surface area (Å²) in [6.07, 6.45) is 1.80. The summed E-state index contributed by atoms with van der Waals surface area (Å²) in [5.74, 6) is -0.402. The molecule has 3 N–H and O–H groups in total. The fourth-order valence-electron chi connectivity index (χ4n) is 1.90. The number of benzene rings is 1. The molecule has 1 aliphatic carbocycles. The zero-order chi connectivity index (χ0) is 11.1. The molecular formula is C11H13ClFNO. The van der Waals surface area contributed by atoms with Gasteiger partial charge in [0.1, 0.15) is 11.4 Å². The first-order valence-electron chi connectivity index (χ1n) is 4.96. The third-order valence-electron chi connectivity index (χ3n) is 2.96. The van der Waals surface area contributed by atoms with Gasteiger partial charge in [0.25, 0.3) is 0 Å². The van der Waals surface area contributed by atoms with Gasteiger partial charge in [-0.3, -0.25) is 0 Å². The van der Waals surface area contributed by atoms with Crippen LogP contribution in [0.2, 0.25) is 5.02 Å². The Hall–Kier alpha value is -0.640. The molecule has 0 aliphatic heterocycles. The van der Waals surface area contributed by atoms with Gasteiger partial charge in [0.15, 0.2) is 0 Å². The van der Waals surface area contributed by atoms with Crippen LogP contribution in [0.4, 0.5) is 4.39 Å². The maximum Gasteiger partial charge on any atom is 0.130 e. The van der Waals surface area contributed by atoms with Crippen LogP contribution in [-0.4, -0.2) is 11.7 Å². The summed E-state index contributed by atoms with van der Waals surface area (Å²) in [7, 11) is 0. The van der Waals surface area contributed by atoms with E-state index in [0.29, 0.717) is 5.02 Å². The first-order chi connectivity index (χ1) is 7.08. The van der Waals surface area contributed by atoms with E-state index in [-0.39, 0.29) is 18.0 Å². The second-order valence-corrected chi connectivity index (χ2v) is 4.46. The highest BCUT2D eigenvalue weighted by molar-refractivity contribution is 6.30. The summed E-state index contributed by atoms with van der Waals surface area (Å²) < 4.78 is 13.6. The third kappa shape index (κ3) is 1.87. The van der Waals surface area contributed by atoms with E-state index >= 15 is 0 Å². The van der Waals surface area contributed by atoms with Crippen molar-refractivity contribution >= 4 is 11.6 Å². The molecule has 1 fully saturated rings. The monoisotopic (exact) mass is 229 g/mol. The topological polar surface area (TPSA) is 46.2 Å². The van der Waals surface area contributed by atoms with Crippen LogP contribution < -0.4 is 5.73 Å². The first kappa shape index (κ1) is 10.9. The number of halogens is 2. The molecule has 1 aromatic carbocycles. The van der Waals surface area contributed by atoms with Crippen LogP contribution >= 0.6 is 11.6 Å². The van der Waals surface area contributed by atoms with Gasteiger partial charge in [-0.05, 0) is 30.9 Å². The Morgan fingerprint density at radius 3 is 2.67 bits per heavy atom. The van der Waals surface area contributed by atoms with Crippen LogP contribution in [0.5, 0.6) is 0 Å². The lowest BCUT2D eigenvalue weighted by atomic mass is 9.88. The molecule has 2 rings (SSSR count). The molecule has 0 saturated heterocycles. The first-order valence-corrected chi connectivity index (χ1v) is 5.33. The predicted octanol–water partition coefficient (Wildman–Crippen LogP) is 2.04. The number of hydrogen-bond donors (Lipinski definition) is 2. The molecule has 0 radical (unpaired) electrons. The van der Waals surface area contributed by atoms with Crippen molar-refractivity contribution in [2.75, 3.05) is 6.54 Å². The lowest BCUT2D eigenvalue weighted by Crippen LogP contribution is -2.38. The second-order valence-electron chi connectivity index (χ2n) is 4.03. The predicted molar refractivity (Wildman–Crippen MR) is 57.1 cm³/mol. The average Bonchev–Trinajstić information content (AvgIpc) is 3.00. The largest absolute Gasteiger partial charge is 0.383 e. The van der Waals surface area contributed by atoms with E-state index in [9.17, 15) is 9.50 Å². The minimum atomic E-state index is -1.23. The Morgan fingerprint density at radius 2 is 2.20 bits per heavy atom. The van der Waals surface area contributed by atoms with E-state index in [1.165, 1.54) is 12.1 Å². The number of hydrogen-bond acceptors (Lipinski definition) is 2. The van der Waals surface area contributed by atoms with Crippen LogP contribution in [0.3, 0.4) is 0 Å². The van der Waals surface area contributed by atoms with E-state index < -0.39 is 11.4 Å². The molecule has 0 amide bonds. The van der Waals surface area contributed by atoms with Crippen molar-refractivity contribution in [2.45, 2.75) is 18.4 Å². The minimum Gasteiger partial charge on any atom is -0.383 e. The number of aliphatic hydroxyl groups is 1. The summed E-state index contributed by atoms with van der Waals surface area (Å²) in [6, 6.07) is 4.30. The van der Waals surface area contributed by atoms with Crippen LogP contribution in [0, 0.1) is 11.7 Å². The number of rotatable bonds is 3. The van der Waals surface area contributed by atoms with Crippen LogP contribution in [0.15, 0.2) is 18.2 Å². The molecule has 2 nitrogen and oxygen atoms in total. The third-order valence-corrected chi connectivity index (χ3v) is 3.20. The van der Waals surface area contributed by atoms with Crippen molar-refractivity contribution in [2.24, 2.45) is 11.7 Å². The highest BCUT2D eigenvalue weighted by Crippen LogP contribution is 2.45. The van der Waals surface area contributed by atoms with Gasteiger partial charge in [-0.25, -0.2) is 4.39 Å². The molecule has 1 unspecified atom stereocenters. The summed E-state index contributed by atoms with van der Waals surface area (Å²) in [4.78, 5) is 0. The van der Waals surface area contributed by atoms with Crippen molar-refractivity contribution in [3.8, 4) is 0 Å². The fraction of sp³-hybridized carbons (Fsp3) is 0.455. The molecule has 0 spiro atoms. The standard InChI is InChI=1S/C11H13ClFNO/c12-8-3-4-9(10(13)5-8)11(15,6-14)7-1-2-7/h3-5,7,15H,1-2,6,14H2. The smallest absolute Gasteiger partial charge is 0.130 e. The Kier molecular flexibility index (Phi) is 2.71. The fourth-order valence-corrected chi connectivity index (χ4v) is 2.06. The average molecular weight is 230 g/mol. The van der Waals surface area contributed by atoms with Gasteiger partial charge >= 0.3 is 0 Å². The molecule has 15 heavy (non-hydrogen) atoms. The zero-order valence-electron chi connectivity index (χ0n) is 8.21. The molecule has 1 aliphatic rings. The van der Waals surface area contributed by atoms with Gasteiger partial charge in [-0.15, -0.1) is 0 Å². The van der Waals surface area contributed by atoms with Gasteiger partial charge in [-0.1, -0.05) is 17.7 Å². The van der Waals surface area contributed by atoms with E-state index in [1.807, 2.05) is 0 Å². The van der Waals surface area contributed by atoms with E-state index in [2.05, 4.69) is 0 Å². The van der Waals surface area contributed by atoms with Gasteiger partial charge in [0.2, 0.25) is 0 Å². The van der Waals surface area contributed by atoms with Crippen LogP contribution in [0.1, 0.15) is 18.4 Å². The maximum atomic E-state index is 13.6.